The molecule has 1 radical (unpaired) electrons. The van der Waals surface area contributed by atoms with Crippen LogP contribution in [0.2, 0.25) is 0 Å². The second-order valence-electron chi connectivity index (χ2n) is 3.21. The van der Waals surface area contributed by atoms with E-state index in [-0.39, 0.29) is 29.6 Å². The quantitative estimate of drug-likeness (QED) is 0.648. The van der Waals surface area contributed by atoms with Gasteiger partial charge in [-0.1, -0.05) is 26.7 Å². The van der Waals surface area contributed by atoms with Crippen LogP contribution in [0.3, 0.4) is 0 Å². The van der Waals surface area contributed by atoms with Gasteiger partial charge in [0.15, 0.2) is 0 Å². The third-order valence-corrected chi connectivity index (χ3v) is 2.18. The molecule has 2 N–H and O–H groups in total. The maximum atomic E-state index is 10.7. The molecule has 0 saturated heterocycles. The van der Waals surface area contributed by atoms with Gasteiger partial charge in [0.25, 0.3) is 0 Å². The van der Waals surface area contributed by atoms with E-state index in [2.05, 4.69) is 0 Å². The van der Waals surface area contributed by atoms with Gasteiger partial charge < -0.3 is 10.2 Å². The summed E-state index contributed by atoms with van der Waals surface area (Å²) in [7, 11) is 0. The van der Waals surface area contributed by atoms with E-state index in [4.69, 9.17) is 10.2 Å². The number of hydrogen-bond donors (Lipinski definition) is 2. The molecule has 14 heavy (non-hydrogen) atoms. The molecule has 77 valence electrons. The summed E-state index contributed by atoms with van der Waals surface area (Å²) in [6.45, 7) is 3.39. The van der Waals surface area contributed by atoms with Gasteiger partial charge in [-0.15, -0.1) is 0 Å². The molecular formula is C9H16NaO4. The molecule has 0 bridgehead atoms. The number of unbranched alkanes of at least 4 members (excludes halogenated alkanes) is 1. The Labute approximate surface area is 106 Å². The standard InChI is InChI=1S/C9H16O4.Na/c1-3-4-5-7(9(12)13)6(2)8(10)11;/h6-7H,3-5H2,1-2H3,(H,10,11)(H,12,13);. The van der Waals surface area contributed by atoms with Crippen LogP contribution >= 0.6 is 0 Å². The Kier molecular flexibility index (Phi) is 9.67. The predicted molar refractivity (Wildman–Crippen MR) is 53.2 cm³/mol. The van der Waals surface area contributed by atoms with Crippen LogP contribution in [0.25, 0.3) is 0 Å². The van der Waals surface area contributed by atoms with Crippen molar-refractivity contribution in [1.82, 2.24) is 0 Å². The Bertz CT molecular complexity index is 193. The monoisotopic (exact) mass is 211 g/mol. The molecule has 0 aromatic rings. The van der Waals surface area contributed by atoms with Crippen molar-refractivity contribution < 1.29 is 19.8 Å². The van der Waals surface area contributed by atoms with E-state index in [9.17, 15) is 9.59 Å². The number of carboxylic acids is 2. The molecule has 0 spiro atoms. The normalized spacial score (nSPS) is 13.9. The van der Waals surface area contributed by atoms with Crippen molar-refractivity contribution in [3.05, 3.63) is 0 Å². The van der Waals surface area contributed by atoms with Gasteiger partial charge >= 0.3 is 11.9 Å². The summed E-state index contributed by atoms with van der Waals surface area (Å²) in [5.74, 6) is -3.60. The number of carbonyl (C=O) groups is 2. The van der Waals surface area contributed by atoms with Gasteiger partial charge in [-0.2, -0.15) is 0 Å². The summed E-state index contributed by atoms with van der Waals surface area (Å²) in [6.07, 6.45) is 2.09. The van der Waals surface area contributed by atoms with Crippen LogP contribution in [-0.2, 0) is 9.59 Å². The SMILES string of the molecule is CCCCC(C(=O)O)C(C)C(=O)O.[Na]. The zero-order chi connectivity index (χ0) is 10.4. The van der Waals surface area contributed by atoms with Crippen LogP contribution in [0.1, 0.15) is 33.1 Å². The van der Waals surface area contributed by atoms with Crippen molar-refractivity contribution in [1.29, 1.82) is 0 Å². The van der Waals surface area contributed by atoms with Gasteiger partial charge in [-0.05, 0) is 6.42 Å². The molecule has 0 amide bonds. The molecule has 0 aliphatic heterocycles. The predicted octanol–water partition coefficient (Wildman–Crippen LogP) is 1.22. The van der Waals surface area contributed by atoms with Crippen molar-refractivity contribution in [2.24, 2.45) is 11.8 Å². The van der Waals surface area contributed by atoms with E-state index >= 15 is 0 Å². The van der Waals surface area contributed by atoms with Crippen molar-refractivity contribution in [2.45, 2.75) is 33.1 Å². The smallest absolute Gasteiger partial charge is 0.307 e. The summed E-state index contributed by atoms with van der Waals surface area (Å²) in [6, 6.07) is 0. The molecule has 0 heterocycles. The van der Waals surface area contributed by atoms with E-state index in [0.29, 0.717) is 6.42 Å². The molecule has 0 saturated carbocycles. The molecule has 0 aromatic carbocycles. The van der Waals surface area contributed by atoms with Gasteiger partial charge in [0.05, 0.1) is 11.8 Å². The molecule has 0 rings (SSSR count). The van der Waals surface area contributed by atoms with E-state index in [0.717, 1.165) is 12.8 Å². The van der Waals surface area contributed by atoms with Crippen molar-refractivity contribution in [3.8, 4) is 0 Å². The van der Waals surface area contributed by atoms with E-state index in [1.54, 1.807) is 0 Å². The van der Waals surface area contributed by atoms with Crippen LogP contribution in [0.4, 0.5) is 0 Å². The fourth-order valence-corrected chi connectivity index (χ4v) is 1.18. The Morgan fingerprint density at radius 2 is 1.71 bits per heavy atom. The molecule has 0 aliphatic rings. The molecule has 0 aromatic heterocycles. The Morgan fingerprint density at radius 3 is 2.00 bits per heavy atom. The number of carboxylic acid groups (broad SMARTS) is 2. The maximum absolute atomic E-state index is 10.7. The minimum atomic E-state index is -1.04. The first-order valence-electron chi connectivity index (χ1n) is 4.46. The average molecular weight is 211 g/mol. The van der Waals surface area contributed by atoms with E-state index in [1.807, 2.05) is 6.92 Å². The second-order valence-corrected chi connectivity index (χ2v) is 3.21. The van der Waals surface area contributed by atoms with Crippen molar-refractivity contribution in [2.75, 3.05) is 0 Å². The van der Waals surface area contributed by atoms with Gasteiger partial charge in [0.2, 0.25) is 0 Å². The van der Waals surface area contributed by atoms with Crippen molar-refractivity contribution >= 4 is 41.5 Å². The summed E-state index contributed by atoms with van der Waals surface area (Å²) in [5, 5.41) is 17.4. The third kappa shape index (κ3) is 5.62. The number of hydrogen-bond acceptors (Lipinski definition) is 2. The topological polar surface area (TPSA) is 74.6 Å². The van der Waals surface area contributed by atoms with Crippen LogP contribution < -0.4 is 0 Å². The number of aliphatic carboxylic acids is 2. The summed E-state index contributed by atoms with van der Waals surface area (Å²) in [5.41, 5.74) is 0. The maximum Gasteiger partial charge on any atom is 0.307 e. The van der Waals surface area contributed by atoms with Gasteiger partial charge in [0.1, 0.15) is 0 Å². The summed E-state index contributed by atoms with van der Waals surface area (Å²) < 4.78 is 0. The first kappa shape index (κ1) is 16.4. The Morgan fingerprint density at radius 1 is 1.21 bits per heavy atom. The fraction of sp³-hybridized carbons (Fsp3) is 0.778. The minimum absolute atomic E-state index is 0. The molecule has 2 atom stereocenters. The fourth-order valence-electron chi connectivity index (χ4n) is 1.18. The zero-order valence-corrected chi connectivity index (χ0v) is 11.0. The Balaban J connectivity index is 0. The van der Waals surface area contributed by atoms with Crippen molar-refractivity contribution in [3.63, 3.8) is 0 Å². The van der Waals surface area contributed by atoms with Gasteiger partial charge in [0, 0.05) is 29.6 Å². The summed E-state index contributed by atoms with van der Waals surface area (Å²) >= 11 is 0. The summed E-state index contributed by atoms with van der Waals surface area (Å²) in [4.78, 5) is 21.2. The van der Waals surface area contributed by atoms with Crippen LogP contribution in [0, 0.1) is 11.8 Å². The average Bonchev–Trinajstić information content (AvgIpc) is 2.04. The molecular weight excluding hydrogens is 195 g/mol. The largest absolute Gasteiger partial charge is 0.481 e. The van der Waals surface area contributed by atoms with Gasteiger partial charge in [-0.3, -0.25) is 9.59 Å². The molecule has 4 nitrogen and oxygen atoms in total. The third-order valence-electron chi connectivity index (χ3n) is 2.18. The van der Waals surface area contributed by atoms with Gasteiger partial charge in [-0.25, -0.2) is 0 Å². The molecule has 0 fully saturated rings. The van der Waals surface area contributed by atoms with Crippen LogP contribution in [-0.4, -0.2) is 51.7 Å². The van der Waals surface area contributed by atoms with Crippen LogP contribution in [0.15, 0.2) is 0 Å². The van der Waals surface area contributed by atoms with E-state index in [1.165, 1.54) is 6.92 Å². The minimum Gasteiger partial charge on any atom is -0.481 e. The zero-order valence-electron chi connectivity index (χ0n) is 8.99. The first-order valence-corrected chi connectivity index (χ1v) is 4.46. The van der Waals surface area contributed by atoms with E-state index < -0.39 is 23.8 Å². The van der Waals surface area contributed by atoms with Crippen LogP contribution in [0.5, 0.6) is 0 Å². The Hall–Kier alpha value is -0.0600. The number of rotatable bonds is 6. The first-order chi connectivity index (χ1) is 6.00. The molecule has 2 unspecified atom stereocenters. The molecule has 0 aliphatic carbocycles. The second kappa shape index (κ2) is 8.26. The molecule has 5 heteroatoms.